The lowest BCUT2D eigenvalue weighted by atomic mass is 9.96. The van der Waals surface area contributed by atoms with E-state index >= 15 is 0 Å². The lowest BCUT2D eigenvalue weighted by Crippen LogP contribution is -2.46. The standard InChI is InChI=1S/C15H31NO3/c1-5-13(6-2)12-18-11-9-8-10-15(4,16)14(17)19-7-3/h13H,5-12,16H2,1-4H3. The second kappa shape index (κ2) is 10.2. The Balaban J connectivity index is 3.65. The van der Waals surface area contributed by atoms with Gasteiger partial charge < -0.3 is 15.2 Å². The molecule has 0 saturated heterocycles. The number of nitrogens with two attached hydrogens (primary N) is 1. The molecule has 0 bridgehead atoms. The van der Waals surface area contributed by atoms with Gasteiger partial charge in [0.05, 0.1) is 6.61 Å². The predicted octanol–water partition coefficient (Wildman–Crippen LogP) is 2.89. The molecule has 1 unspecified atom stereocenters. The lowest BCUT2D eigenvalue weighted by molar-refractivity contribution is -0.149. The molecule has 0 aromatic rings. The first-order valence-corrected chi connectivity index (χ1v) is 7.51. The molecular formula is C15H31NO3. The minimum atomic E-state index is -0.870. The molecule has 0 fully saturated rings. The first-order valence-electron chi connectivity index (χ1n) is 7.51. The van der Waals surface area contributed by atoms with E-state index in [-0.39, 0.29) is 5.97 Å². The van der Waals surface area contributed by atoms with Gasteiger partial charge in [-0.1, -0.05) is 26.7 Å². The van der Waals surface area contributed by atoms with Gasteiger partial charge in [-0.2, -0.15) is 0 Å². The first kappa shape index (κ1) is 18.4. The molecule has 2 N–H and O–H groups in total. The quantitative estimate of drug-likeness (QED) is 0.464. The van der Waals surface area contributed by atoms with E-state index in [1.807, 2.05) is 0 Å². The molecule has 19 heavy (non-hydrogen) atoms. The second-order valence-electron chi connectivity index (χ2n) is 5.35. The van der Waals surface area contributed by atoms with Crippen LogP contribution in [0.15, 0.2) is 0 Å². The highest BCUT2D eigenvalue weighted by molar-refractivity contribution is 5.79. The van der Waals surface area contributed by atoms with Crippen LogP contribution in [0.25, 0.3) is 0 Å². The van der Waals surface area contributed by atoms with Gasteiger partial charge >= 0.3 is 5.97 Å². The Bertz CT molecular complexity index is 238. The third-order valence-electron chi connectivity index (χ3n) is 3.48. The molecule has 0 amide bonds. The number of hydrogen-bond donors (Lipinski definition) is 1. The second-order valence-corrected chi connectivity index (χ2v) is 5.35. The molecule has 0 radical (unpaired) electrons. The summed E-state index contributed by atoms with van der Waals surface area (Å²) in [5, 5.41) is 0. The number of ether oxygens (including phenoxy) is 2. The van der Waals surface area contributed by atoms with Crippen LogP contribution < -0.4 is 5.73 Å². The van der Waals surface area contributed by atoms with Crippen LogP contribution in [0.2, 0.25) is 0 Å². The van der Waals surface area contributed by atoms with E-state index in [2.05, 4.69) is 13.8 Å². The van der Waals surface area contributed by atoms with Gasteiger partial charge in [0.15, 0.2) is 0 Å². The first-order chi connectivity index (χ1) is 8.97. The van der Waals surface area contributed by atoms with E-state index in [1.165, 1.54) is 12.8 Å². The number of rotatable bonds is 11. The van der Waals surface area contributed by atoms with Crippen molar-refractivity contribution in [1.29, 1.82) is 0 Å². The summed E-state index contributed by atoms with van der Waals surface area (Å²) >= 11 is 0. The molecule has 0 rings (SSSR count). The Morgan fingerprint density at radius 3 is 2.37 bits per heavy atom. The van der Waals surface area contributed by atoms with Crippen LogP contribution >= 0.6 is 0 Å². The van der Waals surface area contributed by atoms with Crippen molar-refractivity contribution in [3.8, 4) is 0 Å². The van der Waals surface area contributed by atoms with E-state index in [9.17, 15) is 4.79 Å². The normalized spacial score (nSPS) is 14.4. The fourth-order valence-electron chi connectivity index (χ4n) is 1.87. The highest BCUT2D eigenvalue weighted by Gasteiger charge is 2.28. The molecule has 0 heterocycles. The van der Waals surface area contributed by atoms with Gasteiger partial charge in [-0.05, 0) is 39.0 Å². The highest BCUT2D eigenvalue weighted by atomic mass is 16.5. The van der Waals surface area contributed by atoms with Crippen LogP contribution in [0.3, 0.4) is 0 Å². The Morgan fingerprint density at radius 1 is 1.21 bits per heavy atom. The molecule has 0 aromatic carbocycles. The summed E-state index contributed by atoms with van der Waals surface area (Å²) in [6.45, 7) is 9.87. The summed E-state index contributed by atoms with van der Waals surface area (Å²) in [5.41, 5.74) is 5.07. The van der Waals surface area contributed by atoms with Gasteiger partial charge in [0.1, 0.15) is 5.54 Å². The van der Waals surface area contributed by atoms with Crippen LogP contribution in [0.5, 0.6) is 0 Å². The predicted molar refractivity (Wildman–Crippen MR) is 78.0 cm³/mol. The highest BCUT2D eigenvalue weighted by Crippen LogP contribution is 2.13. The molecule has 0 aromatic heterocycles. The number of carbonyl (C=O) groups excluding carboxylic acids is 1. The van der Waals surface area contributed by atoms with Crippen molar-refractivity contribution >= 4 is 5.97 Å². The average Bonchev–Trinajstić information content (AvgIpc) is 2.38. The van der Waals surface area contributed by atoms with Crippen molar-refractivity contribution < 1.29 is 14.3 Å². The third-order valence-corrected chi connectivity index (χ3v) is 3.48. The summed E-state index contributed by atoms with van der Waals surface area (Å²) in [7, 11) is 0. The van der Waals surface area contributed by atoms with Crippen molar-refractivity contribution in [3.05, 3.63) is 0 Å². The molecule has 114 valence electrons. The maximum Gasteiger partial charge on any atom is 0.325 e. The molecule has 0 aliphatic carbocycles. The van der Waals surface area contributed by atoms with Crippen LogP contribution in [0, 0.1) is 5.92 Å². The molecule has 4 heteroatoms. The number of hydrogen-bond acceptors (Lipinski definition) is 4. The van der Waals surface area contributed by atoms with Crippen molar-refractivity contribution in [3.63, 3.8) is 0 Å². The van der Waals surface area contributed by atoms with Gasteiger partial charge in [-0.3, -0.25) is 4.79 Å². The number of carbonyl (C=O) groups is 1. The van der Waals surface area contributed by atoms with Gasteiger partial charge in [0, 0.05) is 13.2 Å². The van der Waals surface area contributed by atoms with Crippen LogP contribution in [0.1, 0.15) is 59.8 Å². The smallest absolute Gasteiger partial charge is 0.325 e. The summed E-state index contributed by atoms with van der Waals surface area (Å²) in [6.07, 6.45) is 4.79. The largest absolute Gasteiger partial charge is 0.465 e. The zero-order valence-corrected chi connectivity index (χ0v) is 13.0. The summed E-state index contributed by atoms with van der Waals surface area (Å²) in [5.74, 6) is 0.354. The molecule has 0 saturated carbocycles. The summed E-state index contributed by atoms with van der Waals surface area (Å²) in [6, 6.07) is 0. The monoisotopic (exact) mass is 273 g/mol. The van der Waals surface area contributed by atoms with Crippen LogP contribution in [-0.4, -0.2) is 31.3 Å². The minimum absolute atomic E-state index is 0.312. The zero-order valence-electron chi connectivity index (χ0n) is 13.0. The minimum Gasteiger partial charge on any atom is -0.465 e. The maximum absolute atomic E-state index is 11.6. The van der Waals surface area contributed by atoms with E-state index < -0.39 is 5.54 Å². The third kappa shape index (κ3) is 8.22. The Labute approximate surface area is 118 Å². The van der Waals surface area contributed by atoms with Crippen molar-refractivity contribution in [1.82, 2.24) is 0 Å². The summed E-state index contributed by atoms with van der Waals surface area (Å²) < 4.78 is 10.6. The van der Waals surface area contributed by atoms with Gasteiger partial charge in [-0.15, -0.1) is 0 Å². The fraction of sp³-hybridized carbons (Fsp3) is 0.933. The topological polar surface area (TPSA) is 61.5 Å². The molecular weight excluding hydrogens is 242 g/mol. The zero-order chi connectivity index (χ0) is 14.7. The van der Waals surface area contributed by atoms with E-state index in [0.717, 1.165) is 26.1 Å². The fourth-order valence-corrected chi connectivity index (χ4v) is 1.87. The Hall–Kier alpha value is -0.610. The van der Waals surface area contributed by atoms with E-state index in [0.29, 0.717) is 18.9 Å². The maximum atomic E-state index is 11.6. The van der Waals surface area contributed by atoms with E-state index in [1.54, 1.807) is 13.8 Å². The molecule has 0 spiro atoms. The molecule has 0 aliphatic rings. The molecule has 0 aliphatic heterocycles. The van der Waals surface area contributed by atoms with E-state index in [4.69, 9.17) is 15.2 Å². The van der Waals surface area contributed by atoms with Crippen molar-refractivity contribution in [2.24, 2.45) is 11.7 Å². The Morgan fingerprint density at radius 2 is 1.84 bits per heavy atom. The van der Waals surface area contributed by atoms with Gasteiger partial charge in [0.2, 0.25) is 0 Å². The number of unbranched alkanes of at least 4 members (excludes halogenated alkanes) is 1. The Kier molecular flexibility index (Phi) is 9.88. The SMILES string of the molecule is CCOC(=O)C(C)(N)CCCCOCC(CC)CC. The van der Waals surface area contributed by atoms with Gasteiger partial charge in [-0.25, -0.2) is 0 Å². The van der Waals surface area contributed by atoms with Crippen molar-refractivity contribution in [2.75, 3.05) is 19.8 Å². The average molecular weight is 273 g/mol. The van der Waals surface area contributed by atoms with Crippen LogP contribution in [0.4, 0.5) is 0 Å². The number of esters is 1. The summed E-state index contributed by atoms with van der Waals surface area (Å²) in [4.78, 5) is 11.6. The molecule has 1 atom stereocenters. The molecule has 4 nitrogen and oxygen atoms in total. The van der Waals surface area contributed by atoms with Gasteiger partial charge in [0.25, 0.3) is 0 Å². The van der Waals surface area contributed by atoms with Crippen molar-refractivity contribution in [2.45, 2.75) is 65.3 Å². The lowest BCUT2D eigenvalue weighted by Gasteiger charge is -2.22. The van der Waals surface area contributed by atoms with Crippen LogP contribution in [-0.2, 0) is 14.3 Å².